The summed E-state index contributed by atoms with van der Waals surface area (Å²) in [6.07, 6.45) is 1.75. The molecule has 0 aliphatic carbocycles. The molecule has 0 saturated heterocycles. The summed E-state index contributed by atoms with van der Waals surface area (Å²) in [6, 6.07) is 5.41. The van der Waals surface area contributed by atoms with Gasteiger partial charge in [-0.15, -0.1) is 0 Å². The van der Waals surface area contributed by atoms with Crippen LogP contribution in [0.25, 0.3) is 0 Å². The zero-order valence-corrected chi connectivity index (χ0v) is 13.7. The van der Waals surface area contributed by atoms with E-state index in [1.54, 1.807) is 26.2 Å². The summed E-state index contributed by atoms with van der Waals surface area (Å²) in [6.45, 7) is 2.94. The molecule has 4 N–H and O–H groups in total. The van der Waals surface area contributed by atoms with E-state index in [1.165, 1.54) is 7.05 Å². The number of nitrogens with two attached hydrogens (primary N) is 1. The maximum Gasteiger partial charge on any atom is 0.240 e. The van der Waals surface area contributed by atoms with Crippen LogP contribution in [0.4, 0.5) is 5.69 Å². The second kappa shape index (κ2) is 8.33. The highest BCUT2D eigenvalue weighted by Crippen LogP contribution is 2.21. The Hall–Kier alpha value is -1.15. The minimum Gasteiger partial charge on any atom is -0.383 e. The average Bonchev–Trinajstić information content (AvgIpc) is 2.46. The van der Waals surface area contributed by atoms with Gasteiger partial charge in [-0.25, -0.2) is 13.1 Å². The minimum atomic E-state index is -3.46. The Labute approximate surface area is 127 Å². The van der Waals surface area contributed by atoms with Gasteiger partial charge in [0.05, 0.1) is 11.5 Å². The van der Waals surface area contributed by atoms with E-state index in [2.05, 4.69) is 10.0 Å². The number of methoxy groups -OCH3 is 1. The fraction of sp³-hybridized carbons (Fsp3) is 0.571. The molecule has 1 rings (SSSR count). The molecular weight excluding hydrogens is 290 g/mol. The van der Waals surface area contributed by atoms with E-state index in [4.69, 9.17) is 10.5 Å². The van der Waals surface area contributed by atoms with Crippen LogP contribution >= 0.6 is 0 Å². The van der Waals surface area contributed by atoms with Gasteiger partial charge in [0.2, 0.25) is 10.0 Å². The van der Waals surface area contributed by atoms with Crippen LogP contribution in [-0.2, 0) is 14.8 Å². The Kier molecular flexibility index (Phi) is 7.10. The molecule has 0 fully saturated rings. The predicted molar refractivity (Wildman–Crippen MR) is 85.0 cm³/mol. The molecule has 1 atom stereocenters. The molecular formula is C14H25N3O3S. The van der Waals surface area contributed by atoms with Crippen molar-refractivity contribution >= 4 is 15.7 Å². The second-order valence-electron chi connectivity index (χ2n) is 4.92. The fourth-order valence-corrected chi connectivity index (χ4v) is 3.08. The molecule has 6 nitrogen and oxygen atoms in total. The van der Waals surface area contributed by atoms with Crippen molar-refractivity contribution in [3.05, 3.63) is 23.8 Å². The summed E-state index contributed by atoms with van der Waals surface area (Å²) in [5.74, 6) is 0. The molecule has 7 heteroatoms. The van der Waals surface area contributed by atoms with Crippen molar-refractivity contribution in [1.82, 2.24) is 4.72 Å². The lowest BCUT2D eigenvalue weighted by Crippen LogP contribution is -2.26. The van der Waals surface area contributed by atoms with Gasteiger partial charge in [-0.3, -0.25) is 0 Å². The molecule has 0 saturated carbocycles. The van der Waals surface area contributed by atoms with Crippen molar-refractivity contribution in [2.24, 2.45) is 5.73 Å². The first-order valence-corrected chi connectivity index (χ1v) is 8.42. The smallest absolute Gasteiger partial charge is 0.240 e. The molecule has 120 valence electrons. The van der Waals surface area contributed by atoms with Gasteiger partial charge in [0.25, 0.3) is 0 Å². The molecule has 0 radical (unpaired) electrons. The molecule has 21 heavy (non-hydrogen) atoms. The van der Waals surface area contributed by atoms with Gasteiger partial charge >= 0.3 is 0 Å². The molecule has 0 aromatic heterocycles. The molecule has 1 aromatic rings. The molecule has 1 unspecified atom stereocenters. The first-order valence-electron chi connectivity index (χ1n) is 6.94. The second-order valence-corrected chi connectivity index (χ2v) is 6.77. The summed E-state index contributed by atoms with van der Waals surface area (Å²) < 4.78 is 31.5. The van der Waals surface area contributed by atoms with E-state index in [0.717, 1.165) is 18.5 Å². The van der Waals surface area contributed by atoms with E-state index in [9.17, 15) is 8.42 Å². The van der Waals surface area contributed by atoms with E-state index in [0.29, 0.717) is 18.7 Å². The van der Waals surface area contributed by atoms with E-state index in [1.807, 2.05) is 6.07 Å². The number of hydrogen-bond acceptors (Lipinski definition) is 5. The van der Waals surface area contributed by atoms with Gasteiger partial charge in [-0.05, 0) is 51.1 Å². The third-order valence-corrected chi connectivity index (χ3v) is 4.80. The number of nitrogens with one attached hydrogen (secondary N) is 2. The number of sulfonamides is 1. The Bertz CT molecular complexity index is 546. The Morgan fingerprint density at radius 1 is 1.38 bits per heavy atom. The highest BCUT2D eigenvalue weighted by molar-refractivity contribution is 7.89. The van der Waals surface area contributed by atoms with Crippen molar-refractivity contribution in [1.29, 1.82) is 0 Å². The van der Waals surface area contributed by atoms with Crippen molar-refractivity contribution in [2.75, 3.05) is 32.6 Å². The number of benzene rings is 1. The van der Waals surface area contributed by atoms with Crippen LogP contribution < -0.4 is 15.8 Å². The predicted octanol–water partition coefficient (Wildman–Crippen LogP) is 1.07. The van der Waals surface area contributed by atoms with Crippen LogP contribution in [0.3, 0.4) is 0 Å². The highest BCUT2D eigenvalue weighted by Gasteiger charge is 2.16. The molecule has 1 aromatic carbocycles. The SMILES string of the molecule is CNS(=O)(=O)c1cc(NC(CCCN)COC)ccc1C. The van der Waals surface area contributed by atoms with Gasteiger partial charge in [0.15, 0.2) is 0 Å². The zero-order valence-electron chi connectivity index (χ0n) is 12.8. The lowest BCUT2D eigenvalue weighted by atomic mass is 10.1. The average molecular weight is 315 g/mol. The van der Waals surface area contributed by atoms with E-state index in [-0.39, 0.29) is 10.9 Å². The number of hydrogen-bond donors (Lipinski definition) is 3. The Balaban J connectivity index is 2.95. The lowest BCUT2D eigenvalue weighted by molar-refractivity contribution is 0.182. The summed E-state index contributed by atoms with van der Waals surface area (Å²) in [7, 11) is -0.409. The number of aryl methyl sites for hydroxylation is 1. The van der Waals surface area contributed by atoms with Crippen molar-refractivity contribution in [2.45, 2.75) is 30.7 Å². The summed E-state index contributed by atoms with van der Waals surface area (Å²) in [5, 5.41) is 3.31. The third kappa shape index (κ3) is 5.28. The van der Waals surface area contributed by atoms with Crippen LogP contribution in [0.1, 0.15) is 18.4 Å². The molecule has 0 heterocycles. The molecule has 0 amide bonds. The van der Waals surface area contributed by atoms with Crippen LogP contribution in [0.5, 0.6) is 0 Å². The molecule has 0 spiro atoms. The Morgan fingerprint density at radius 2 is 2.10 bits per heavy atom. The van der Waals surface area contributed by atoms with E-state index < -0.39 is 10.0 Å². The van der Waals surface area contributed by atoms with Crippen LogP contribution in [-0.4, -0.2) is 41.8 Å². The zero-order chi connectivity index (χ0) is 15.9. The first-order chi connectivity index (χ1) is 9.94. The summed E-state index contributed by atoms with van der Waals surface area (Å²) in [5.41, 5.74) is 7.00. The maximum absolute atomic E-state index is 12.0. The quantitative estimate of drug-likeness (QED) is 0.634. The normalized spacial score (nSPS) is 13.1. The van der Waals surface area contributed by atoms with E-state index >= 15 is 0 Å². The first kappa shape index (κ1) is 17.9. The number of anilines is 1. The lowest BCUT2D eigenvalue weighted by Gasteiger charge is -2.20. The van der Waals surface area contributed by atoms with Gasteiger partial charge in [-0.1, -0.05) is 6.07 Å². The van der Waals surface area contributed by atoms with Crippen LogP contribution in [0.15, 0.2) is 23.1 Å². The monoisotopic (exact) mass is 315 g/mol. The third-order valence-electron chi connectivity index (χ3n) is 3.24. The van der Waals surface area contributed by atoms with Crippen LogP contribution in [0.2, 0.25) is 0 Å². The summed E-state index contributed by atoms with van der Waals surface area (Å²) in [4.78, 5) is 0.282. The van der Waals surface area contributed by atoms with Gasteiger partial charge in [0, 0.05) is 18.8 Å². The fourth-order valence-electron chi connectivity index (χ4n) is 2.09. The van der Waals surface area contributed by atoms with Crippen molar-refractivity contribution in [3.63, 3.8) is 0 Å². The van der Waals surface area contributed by atoms with Gasteiger partial charge in [-0.2, -0.15) is 0 Å². The molecule has 0 aliphatic heterocycles. The standard InChI is InChI=1S/C14H25N3O3S/c1-11-6-7-12(9-14(11)21(18,19)16-2)17-13(10-20-3)5-4-8-15/h6-7,9,13,16-17H,4-5,8,10,15H2,1-3H3. The van der Waals surface area contributed by atoms with Crippen LogP contribution in [0, 0.1) is 6.92 Å². The van der Waals surface area contributed by atoms with Gasteiger partial charge in [0.1, 0.15) is 0 Å². The highest BCUT2D eigenvalue weighted by atomic mass is 32.2. The minimum absolute atomic E-state index is 0.103. The molecule has 0 aliphatic rings. The topological polar surface area (TPSA) is 93.5 Å². The largest absolute Gasteiger partial charge is 0.383 e. The van der Waals surface area contributed by atoms with Crippen molar-refractivity contribution < 1.29 is 13.2 Å². The number of rotatable bonds is 9. The molecule has 0 bridgehead atoms. The summed E-state index contributed by atoms with van der Waals surface area (Å²) >= 11 is 0. The number of ether oxygens (including phenoxy) is 1. The maximum atomic E-state index is 12.0. The van der Waals surface area contributed by atoms with Gasteiger partial charge < -0.3 is 15.8 Å². The van der Waals surface area contributed by atoms with Crippen molar-refractivity contribution in [3.8, 4) is 0 Å². The Morgan fingerprint density at radius 3 is 2.67 bits per heavy atom.